The van der Waals surface area contributed by atoms with Gasteiger partial charge in [-0.15, -0.1) is 0 Å². The highest BCUT2D eigenvalue weighted by Gasteiger charge is 2.24. The van der Waals surface area contributed by atoms with Gasteiger partial charge >= 0.3 is 5.97 Å². The molecule has 1 rings (SSSR count). The Kier molecular flexibility index (Phi) is 3.26. The van der Waals surface area contributed by atoms with Crippen molar-refractivity contribution in [3.8, 4) is 5.75 Å². The summed E-state index contributed by atoms with van der Waals surface area (Å²) >= 11 is 5.52. The van der Waals surface area contributed by atoms with Gasteiger partial charge in [-0.25, -0.2) is 9.18 Å². The van der Waals surface area contributed by atoms with Crippen LogP contribution in [0.4, 0.5) is 4.39 Å². The molecule has 0 fully saturated rings. The Morgan fingerprint density at radius 3 is 2.53 bits per heavy atom. The van der Waals surface area contributed by atoms with E-state index in [1.54, 1.807) is 0 Å². The summed E-state index contributed by atoms with van der Waals surface area (Å²) in [6, 6.07) is 2.40. The van der Waals surface area contributed by atoms with E-state index in [-0.39, 0.29) is 10.8 Å². The molecule has 0 bridgehead atoms. The van der Waals surface area contributed by atoms with Gasteiger partial charge in [0, 0.05) is 0 Å². The molecular weight excluding hydrogens is 227 g/mol. The maximum atomic E-state index is 13.5. The van der Waals surface area contributed by atoms with Gasteiger partial charge in [-0.05, 0) is 12.1 Å². The number of Topliss-reactive ketones (excluding diaryl/α,β-unsaturated/α-hetero) is 1. The van der Waals surface area contributed by atoms with Crippen molar-refractivity contribution in [1.82, 2.24) is 0 Å². The molecule has 0 saturated heterocycles. The molecule has 6 heteroatoms. The summed E-state index contributed by atoms with van der Waals surface area (Å²) in [5.74, 6) is -4.48. The third-order valence-corrected chi connectivity index (χ3v) is 2.01. The van der Waals surface area contributed by atoms with Gasteiger partial charge in [0.1, 0.15) is 0 Å². The monoisotopic (exact) mass is 232 g/mol. The number of methoxy groups -OCH3 is 1. The van der Waals surface area contributed by atoms with E-state index in [0.29, 0.717) is 0 Å². The number of rotatable bonds is 3. The van der Waals surface area contributed by atoms with Crippen molar-refractivity contribution in [3.63, 3.8) is 0 Å². The van der Waals surface area contributed by atoms with E-state index in [9.17, 15) is 14.0 Å². The number of benzene rings is 1. The average molecular weight is 233 g/mol. The summed E-state index contributed by atoms with van der Waals surface area (Å²) in [5.41, 5.74) is -0.691. The quantitative estimate of drug-likeness (QED) is 0.637. The zero-order valence-electron chi connectivity index (χ0n) is 7.58. The summed E-state index contributed by atoms with van der Waals surface area (Å²) < 4.78 is 18.0. The van der Waals surface area contributed by atoms with Crippen LogP contribution in [-0.2, 0) is 4.79 Å². The van der Waals surface area contributed by atoms with Crippen molar-refractivity contribution < 1.29 is 23.8 Å². The van der Waals surface area contributed by atoms with E-state index in [1.165, 1.54) is 19.2 Å². The van der Waals surface area contributed by atoms with E-state index < -0.39 is 23.1 Å². The van der Waals surface area contributed by atoms with Gasteiger partial charge in [0.15, 0.2) is 11.6 Å². The number of carbonyl (C=O) groups is 2. The lowest BCUT2D eigenvalue weighted by Gasteiger charge is -2.06. The summed E-state index contributed by atoms with van der Waals surface area (Å²) in [6.07, 6.45) is 0. The minimum absolute atomic E-state index is 0.232. The largest absolute Gasteiger partial charge is 0.494 e. The first-order valence-electron chi connectivity index (χ1n) is 3.78. The highest BCUT2D eigenvalue weighted by Crippen LogP contribution is 2.27. The summed E-state index contributed by atoms with van der Waals surface area (Å²) in [7, 11) is 1.20. The standard InChI is InChI=1S/C9H6ClFO4/c1-15-5-3-2-4(10)6(7(5)11)8(12)9(13)14/h2-3H,1H3,(H,13,14). The van der Waals surface area contributed by atoms with E-state index in [2.05, 4.69) is 4.74 Å². The summed E-state index contributed by atoms with van der Waals surface area (Å²) in [6.45, 7) is 0. The third-order valence-electron chi connectivity index (χ3n) is 1.70. The fourth-order valence-electron chi connectivity index (χ4n) is 1.01. The molecule has 1 aromatic carbocycles. The van der Waals surface area contributed by atoms with Gasteiger partial charge in [-0.3, -0.25) is 4.79 Å². The average Bonchev–Trinajstić information content (AvgIpc) is 2.17. The Balaban J connectivity index is 3.39. The second-order valence-corrected chi connectivity index (χ2v) is 2.98. The maximum Gasteiger partial charge on any atom is 0.377 e. The van der Waals surface area contributed by atoms with E-state index in [1.807, 2.05) is 0 Å². The SMILES string of the molecule is COc1ccc(Cl)c(C(=O)C(=O)O)c1F. The number of carboxylic acids is 1. The first-order chi connectivity index (χ1) is 6.99. The van der Waals surface area contributed by atoms with Crippen molar-refractivity contribution in [2.75, 3.05) is 7.11 Å². The van der Waals surface area contributed by atoms with Gasteiger partial charge in [0.05, 0.1) is 17.7 Å². The van der Waals surface area contributed by atoms with Gasteiger partial charge < -0.3 is 9.84 Å². The smallest absolute Gasteiger partial charge is 0.377 e. The molecule has 0 atom stereocenters. The van der Waals surface area contributed by atoms with Crippen molar-refractivity contribution in [2.45, 2.75) is 0 Å². The molecule has 80 valence electrons. The van der Waals surface area contributed by atoms with Crippen LogP contribution in [-0.4, -0.2) is 24.0 Å². The van der Waals surface area contributed by atoms with Crippen LogP contribution in [0, 0.1) is 5.82 Å². The Bertz CT molecular complexity index is 430. The van der Waals surface area contributed by atoms with E-state index in [0.717, 1.165) is 0 Å². The predicted molar refractivity (Wildman–Crippen MR) is 49.9 cm³/mol. The number of hydrogen-bond acceptors (Lipinski definition) is 3. The normalized spacial score (nSPS) is 9.80. The number of aliphatic carboxylic acids is 1. The van der Waals surface area contributed by atoms with E-state index >= 15 is 0 Å². The van der Waals surface area contributed by atoms with Crippen LogP contribution in [0.1, 0.15) is 10.4 Å². The number of carbonyl (C=O) groups excluding carboxylic acids is 1. The Morgan fingerprint density at radius 2 is 2.07 bits per heavy atom. The minimum atomic E-state index is -1.77. The first-order valence-corrected chi connectivity index (χ1v) is 4.16. The number of halogens is 2. The fraction of sp³-hybridized carbons (Fsp3) is 0.111. The number of ketones is 1. The summed E-state index contributed by atoms with van der Waals surface area (Å²) in [4.78, 5) is 21.5. The van der Waals surface area contributed by atoms with Crippen LogP contribution in [0.3, 0.4) is 0 Å². The van der Waals surface area contributed by atoms with Gasteiger partial charge in [0.2, 0.25) is 0 Å². The number of ether oxygens (including phenoxy) is 1. The molecule has 0 saturated carbocycles. The Labute approximate surface area is 89.2 Å². The molecular formula is C9H6ClFO4. The van der Waals surface area contributed by atoms with Gasteiger partial charge in [-0.2, -0.15) is 0 Å². The maximum absolute atomic E-state index is 13.5. The molecule has 15 heavy (non-hydrogen) atoms. The van der Waals surface area contributed by atoms with Crippen molar-refractivity contribution in [2.24, 2.45) is 0 Å². The minimum Gasteiger partial charge on any atom is -0.494 e. The van der Waals surface area contributed by atoms with Crippen LogP contribution in [0.25, 0.3) is 0 Å². The van der Waals surface area contributed by atoms with E-state index in [4.69, 9.17) is 16.7 Å². The first kappa shape index (κ1) is 11.5. The molecule has 1 aromatic rings. The molecule has 0 amide bonds. The molecule has 1 N–H and O–H groups in total. The third kappa shape index (κ3) is 2.07. The Hall–Kier alpha value is -1.62. The van der Waals surface area contributed by atoms with Crippen LogP contribution < -0.4 is 4.74 Å². The highest BCUT2D eigenvalue weighted by molar-refractivity contribution is 6.45. The van der Waals surface area contributed by atoms with Crippen molar-refractivity contribution in [3.05, 3.63) is 28.5 Å². The molecule has 4 nitrogen and oxygen atoms in total. The molecule has 0 heterocycles. The zero-order chi connectivity index (χ0) is 11.6. The molecule has 0 aromatic heterocycles. The van der Waals surface area contributed by atoms with Crippen LogP contribution in [0.2, 0.25) is 5.02 Å². The topological polar surface area (TPSA) is 63.6 Å². The number of hydrogen-bond donors (Lipinski definition) is 1. The zero-order valence-corrected chi connectivity index (χ0v) is 8.34. The van der Waals surface area contributed by atoms with Crippen LogP contribution in [0.5, 0.6) is 5.75 Å². The highest BCUT2D eigenvalue weighted by atomic mass is 35.5. The van der Waals surface area contributed by atoms with Crippen LogP contribution in [0.15, 0.2) is 12.1 Å². The van der Waals surface area contributed by atoms with Gasteiger partial charge in [-0.1, -0.05) is 11.6 Å². The molecule has 0 spiro atoms. The number of carboxylic acid groups (broad SMARTS) is 1. The lowest BCUT2D eigenvalue weighted by Crippen LogP contribution is -2.15. The molecule has 0 aliphatic rings. The molecule has 0 unspecified atom stereocenters. The lowest BCUT2D eigenvalue weighted by molar-refractivity contribution is -0.131. The molecule has 0 aliphatic heterocycles. The summed E-state index contributed by atoms with van der Waals surface area (Å²) in [5, 5.41) is 8.17. The fourth-order valence-corrected chi connectivity index (χ4v) is 1.24. The van der Waals surface area contributed by atoms with Gasteiger partial charge in [0.25, 0.3) is 5.78 Å². The van der Waals surface area contributed by atoms with Crippen molar-refractivity contribution in [1.29, 1.82) is 0 Å². The Morgan fingerprint density at radius 1 is 1.47 bits per heavy atom. The molecule has 0 radical (unpaired) electrons. The van der Waals surface area contributed by atoms with Crippen LogP contribution >= 0.6 is 11.6 Å². The second-order valence-electron chi connectivity index (χ2n) is 2.57. The lowest BCUT2D eigenvalue weighted by atomic mass is 10.1. The van der Waals surface area contributed by atoms with Crippen molar-refractivity contribution >= 4 is 23.4 Å². The molecule has 0 aliphatic carbocycles. The predicted octanol–water partition coefficient (Wildman–Crippen LogP) is 1.75. The second kappa shape index (κ2) is 4.27.